The molecule has 1 unspecified atom stereocenters. The van der Waals surface area contributed by atoms with Gasteiger partial charge in [-0.25, -0.2) is 4.39 Å². The molecular formula is C12H17FN2. The summed E-state index contributed by atoms with van der Waals surface area (Å²) in [5, 5.41) is 3.42. The van der Waals surface area contributed by atoms with E-state index >= 15 is 0 Å². The Morgan fingerprint density at radius 3 is 2.93 bits per heavy atom. The number of hydrogen-bond donors (Lipinski definition) is 1. The first-order chi connectivity index (χ1) is 7.25. The third-order valence-electron chi connectivity index (χ3n) is 3.16. The predicted molar refractivity (Wildman–Crippen MR) is 58.0 cm³/mol. The van der Waals surface area contributed by atoms with Crippen LogP contribution < -0.4 is 5.32 Å². The Kier molecular flexibility index (Phi) is 3.31. The monoisotopic (exact) mass is 208 g/mol. The number of hydrogen-bond acceptors (Lipinski definition) is 2. The molecule has 0 bridgehead atoms. The summed E-state index contributed by atoms with van der Waals surface area (Å²) < 4.78 is 12.9. The molecular weight excluding hydrogens is 191 g/mol. The standard InChI is InChI=1S/C12H17FN2/c1-9(15-6-10-3-2-4-10)11-5-12(13)8-14-7-11/h5,7-10,15H,2-4,6H2,1H3. The van der Waals surface area contributed by atoms with Gasteiger partial charge in [0.25, 0.3) is 0 Å². The molecule has 0 radical (unpaired) electrons. The molecule has 0 aliphatic heterocycles. The highest BCUT2D eigenvalue weighted by molar-refractivity contribution is 5.14. The van der Waals surface area contributed by atoms with E-state index in [4.69, 9.17) is 0 Å². The molecule has 1 aliphatic rings. The fourth-order valence-electron chi connectivity index (χ4n) is 1.82. The molecule has 2 nitrogen and oxygen atoms in total. The molecule has 3 heteroatoms. The molecule has 1 saturated carbocycles. The molecule has 0 spiro atoms. The number of aromatic nitrogens is 1. The van der Waals surface area contributed by atoms with Crippen molar-refractivity contribution in [3.05, 3.63) is 29.8 Å². The zero-order chi connectivity index (χ0) is 10.7. The van der Waals surface area contributed by atoms with E-state index in [-0.39, 0.29) is 11.9 Å². The lowest BCUT2D eigenvalue weighted by atomic mass is 9.85. The van der Waals surface area contributed by atoms with E-state index in [9.17, 15) is 4.39 Å². The van der Waals surface area contributed by atoms with Crippen LogP contribution in [-0.4, -0.2) is 11.5 Å². The van der Waals surface area contributed by atoms with E-state index in [1.807, 2.05) is 0 Å². The van der Waals surface area contributed by atoms with Crippen LogP contribution in [-0.2, 0) is 0 Å². The molecule has 1 N–H and O–H groups in total. The van der Waals surface area contributed by atoms with Gasteiger partial charge in [-0.05, 0) is 43.9 Å². The van der Waals surface area contributed by atoms with Crippen LogP contribution in [0.3, 0.4) is 0 Å². The third-order valence-corrected chi connectivity index (χ3v) is 3.16. The summed E-state index contributed by atoms with van der Waals surface area (Å²) in [6.07, 6.45) is 6.99. The Hall–Kier alpha value is -0.960. The molecule has 1 aromatic heterocycles. The molecule has 1 atom stereocenters. The van der Waals surface area contributed by atoms with Gasteiger partial charge in [-0.3, -0.25) is 4.98 Å². The van der Waals surface area contributed by atoms with Crippen molar-refractivity contribution >= 4 is 0 Å². The minimum Gasteiger partial charge on any atom is -0.310 e. The zero-order valence-electron chi connectivity index (χ0n) is 9.04. The van der Waals surface area contributed by atoms with Gasteiger partial charge in [-0.15, -0.1) is 0 Å². The summed E-state index contributed by atoms with van der Waals surface area (Å²) in [7, 11) is 0. The van der Waals surface area contributed by atoms with Crippen molar-refractivity contribution in [3.63, 3.8) is 0 Å². The minimum absolute atomic E-state index is 0.189. The van der Waals surface area contributed by atoms with Crippen molar-refractivity contribution in [1.82, 2.24) is 10.3 Å². The number of nitrogens with zero attached hydrogens (tertiary/aromatic N) is 1. The summed E-state index contributed by atoms with van der Waals surface area (Å²) in [6.45, 7) is 3.09. The maximum absolute atomic E-state index is 12.9. The van der Waals surface area contributed by atoms with Crippen molar-refractivity contribution in [3.8, 4) is 0 Å². The van der Waals surface area contributed by atoms with Crippen LogP contribution in [0.2, 0.25) is 0 Å². The van der Waals surface area contributed by atoms with E-state index in [0.717, 1.165) is 18.0 Å². The number of nitrogens with one attached hydrogen (secondary N) is 1. The minimum atomic E-state index is -0.259. The quantitative estimate of drug-likeness (QED) is 0.822. The smallest absolute Gasteiger partial charge is 0.141 e. The normalized spacial score (nSPS) is 18.5. The lowest BCUT2D eigenvalue weighted by molar-refractivity contribution is 0.292. The Balaban J connectivity index is 1.86. The van der Waals surface area contributed by atoms with Crippen LogP contribution in [0, 0.1) is 11.7 Å². The molecule has 1 heterocycles. The third kappa shape index (κ3) is 2.75. The second-order valence-electron chi connectivity index (χ2n) is 4.36. The summed E-state index contributed by atoms with van der Waals surface area (Å²) >= 11 is 0. The Labute approximate surface area is 89.9 Å². The lowest BCUT2D eigenvalue weighted by Gasteiger charge is -2.27. The van der Waals surface area contributed by atoms with Crippen molar-refractivity contribution in [2.45, 2.75) is 32.2 Å². The van der Waals surface area contributed by atoms with Gasteiger partial charge in [0.2, 0.25) is 0 Å². The molecule has 0 saturated heterocycles. The molecule has 15 heavy (non-hydrogen) atoms. The highest BCUT2D eigenvalue weighted by Gasteiger charge is 2.18. The highest BCUT2D eigenvalue weighted by Crippen LogP contribution is 2.26. The molecule has 0 aromatic carbocycles. The van der Waals surface area contributed by atoms with E-state index in [1.165, 1.54) is 25.5 Å². The second-order valence-corrected chi connectivity index (χ2v) is 4.36. The Bertz CT molecular complexity index is 323. The average Bonchev–Trinajstić information content (AvgIpc) is 2.15. The van der Waals surface area contributed by atoms with Crippen molar-refractivity contribution in [2.75, 3.05) is 6.54 Å². The van der Waals surface area contributed by atoms with Crippen LogP contribution in [0.1, 0.15) is 37.8 Å². The van der Waals surface area contributed by atoms with Gasteiger partial charge in [0.05, 0.1) is 6.20 Å². The maximum Gasteiger partial charge on any atom is 0.141 e. The summed E-state index contributed by atoms with van der Waals surface area (Å²) in [5.74, 6) is 0.568. The van der Waals surface area contributed by atoms with E-state index < -0.39 is 0 Å². The van der Waals surface area contributed by atoms with Gasteiger partial charge in [0.1, 0.15) is 5.82 Å². The van der Waals surface area contributed by atoms with Gasteiger partial charge in [-0.1, -0.05) is 6.42 Å². The summed E-state index contributed by atoms with van der Waals surface area (Å²) in [5.41, 5.74) is 0.925. The van der Waals surface area contributed by atoms with Crippen LogP contribution in [0.5, 0.6) is 0 Å². The molecule has 2 rings (SSSR count). The van der Waals surface area contributed by atoms with Gasteiger partial charge in [0.15, 0.2) is 0 Å². The number of rotatable bonds is 4. The average molecular weight is 208 g/mol. The van der Waals surface area contributed by atoms with Crippen molar-refractivity contribution in [2.24, 2.45) is 5.92 Å². The lowest BCUT2D eigenvalue weighted by Crippen LogP contribution is -2.29. The number of halogens is 1. The SMILES string of the molecule is CC(NCC1CCC1)c1cncc(F)c1. The van der Waals surface area contributed by atoms with Crippen molar-refractivity contribution in [1.29, 1.82) is 0 Å². The molecule has 1 fully saturated rings. The van der Waals surface area contributed by atoms with E-state index in [1.54, 1.807) is 12.3 Å². The highest BCUT2D eigenvalue weighted by atomic mass is 19.1. The summed E-state index contributed by atoms with van der Waals surface area (Å²) in [6, 6.07) is 1.74. The number of pyridine rings is 1. The van der Waals surface area contributed by atoms with E-state index in [0.29, 0.717) is 0 Å². The molecule has 1 aromatic rings. The van der Waals surface area contributed by atoms with Gasteiger partial charge in [-0.2, -0.15) is 0 Å². The van der Waals surface area contributed by atoms with Gasteiger partial charge >= 0.3 is 0 Å². The Morgan fingerprint density at radius 1 is 1.53 bits per heavy atom. The molecule has 82 valence electrons. The van der Waals surface area contributed by atoms with Crippen LogP contribution in [0.4, 0.5) is 4.39 Å². The first-order valence-electron chi connectivity index (χ1n) is 5.59. The topological polar surface area (TPSA) is 24.9 Å². The first-order valence-corrected chi connectivity index (χ1v) is 5.59. The zero-order valence-corrected chi connectivity index (χ0v) is 9.04. The molecule has 0 amide bonds. The van der Waals surface area contributed by atoms with Gasteiger partial charge < -0.3 is 5.32 Å². The first kappa shape index (κ1) is 10.6. The van der Waals surface area contributed by atoms with E-state index in [2.05, 4.69) is 17.2 Å². The van der Waals surface area contributed by atoms with Crippen LogP contribution >= 0.6 is 0 Å². The summed E-state index contributed by atoms with van der Waals surface area (Å²) in [4.78, 5) is 3.85. The maximum atomic E-state index is 12.9. The fraction of sp³-hybridized carbons (Fsp3) is 0.583. The largest absolute Gasteiger partial charge is 0.310 e. The predicted octanol–water partition coefficient (Wildman–Crippen LogP) is 2.67. The van der Waals surface area contributed by atoms with Gasteiger partial charge in [0, 0.05) is 12.2 Å². The van der Waals surface area contributed by atoms with Crippen LogP contribution in [0.15, 0.2) is 18.5 Å². The fourth-order valence-corrected chi connectivity index (χ4v) is 1.82. The molecule has 1 aliphatic carbocycles. The van der Waals surface area contributed by atoms with Crippen molar-refractivity contribution < 1.29 is 4.39 Å². The van der Waals surface area contributed by atoms with Crippen LogP contribution in [0.25, 0.3) is 0 Å². The Morgan fingerprint density at radius 2 is 2.33 bits per heavy atom. The second kappa shape index (κ2) is 4.71.